The Balaban J connectivity index is 2.05. The predicted octanol–water partition coefficient (Wildman–Crippen LogP) is 5.76. The highest BCUT2D eigenvalue weighted by Crippen LogP contribution is 2.27. The van der Waals surface area contributed by atoms with Crippen molar-refractivity contribution in [2.24, 2.45) is 0 Å². The molecule has 0 saturated carbocycles. The zero-order valence-corrected chi connectivity index (χ0v) is 18.5. The first-order valence-electron chi connectivity index (χ1n) is 11.0. The topological polar surface area (TPSA) is 69.9 Å². The second-order valence-corrected chi connectivity index (χ2v) is 7.88. The lowest BCUT2D eigenvalue weighted by Crippen LogP contribution is -2.25. The van der Waals surface area contributed by atoms with Crippen molar-refractivity contribution in [2.75, 3.05) is 0 Å². The number of rotatable bonds is 12. The van der Waals surface area contributed by atoms with Crippen LogP contribution in [-0.4, -0.2) is 20.9 Å². The lowest BCUT2D eigenvalue weighted by Gasteiger charge is -2.24. The largest absolute Gasteiger partial charge is 0.489 e. The molecule has 2 aromatic carbocycles. The van der Waals surface area contributed by atoms with Gasteiger partial charge in [0.15, 0.2) is 6.29 Å². The van der Waals surface area contributed by atoms with E-state index in [-0.39, 0.29) is 0 Å². The molecular formula is C26H36O4. The first-order valence-corrected chi connectivity index (χ1v) is 11.0. The Kier molecular flexibility index (Phi) is 9.57. The minimum Gasteiger partial charge on any atom is -0.489 e. The van der Waals surface area contributed by atoms with Gasteiger partial charge in [-0.1, -0.05) is 69.7 Å². The number of benzene rings is 2. The Morgan fingerprint density at radius 2 is 1.73 bits per heavy atom. The van der Waals surface area contributed by atoms with Crippen molar-refractivity contribution in [1.29, 1.82) is 0 Å². The van der Waals surface area contributed by atoms with Gasteiger partial charge in [-0.3, -0.25) is 0 Å². The van der Waals surface area contributed by atoms with E-state index in [9.17, 15) is 15.3 Å². The number of aliphatic hydroxyl groups is 3. The molecule has 0 amide bonds. The Labute approximate surface area is 180 Å². The summed E-state index contributed by atoms with van der Waals surface area (Å²) in [6.07, 6.45) is 6.06. The van der Waals surface area contributed by atoms with Crippen molar-refractivity contribution in [3.05, 3.63) is 71.3 Å². The Morgan fingerprint density at radius 1 is 1.03 bits per heavy atom. The second-order valence-electron chi connectivity index (χ2n) is 7.88. The Morgan fingerprint density at radius 3 is 2.33 bits per heavy atom. The van der Waals surface area contributed by atoms with Crippen LogP contribution >= 0.6 is 0 Å². The highest BCUT2D eigenvalue weighted by atomic mass is 16.5. The number of ether oxygens (including phenoxy) is 1. The second kappa shape index (κ2) is 11.9. The minimum absolute atomic E-state index is 0.415. The van der Waals surface area contributed by atoms with E-state index in [0.717, 1.165) is 55.4 Å². The average Bonchev–Trinajstić information content (AvgIpc) is 2.77. The van der Waals surface area contributed by atoms with Gasteiger partial charge in [0.2, 0.25) is 0 Å². The van der Waals surface area contributed by atoms with E-state index in [1.54, 1.807) is 12.1 Å². The fraction of sp³-hybridized carbons (Fsp3) is 0.462. The van der Waals surface area contributed by atoms with Crippen molar-refractivity contribution in [3.63, 3.8) is 0 Å². The summed E-state index contributed by atoms with van der Waals surface area (Å²) in [4.78, 5) is 0. The summed E-state index contributed by atoms with van der Waals surface area (Å²) >= 11 is 0. The zero-order chi connectivity index (χ0) is 22.0. The molecule has 0 aliphatic carbocycles. The molecule has 2 aromatic rings. The highest BCUT2D eigenvalue weighted by molar-refractivity contribution is 5.66. The molecule has 0 unspecified atom stereocenters. The molecule has 0 spiro atoms. The molecule has 0 bridgehead atoms. The molecule has 0 heterocycles. The fourth-order valence-corrected chi connectivity index (χ4v) is 3.49. The molecule has 0 aliphatic heterocycles. The summed E-state index contributed by atoms with van der Waals surface area (Å²) in [5.41, 5.74) is 3.31. The summed E-state index contributed by atoms with van der Waals surface area (Å²) in [6, 6.07) is 15.2. The van der Waals surface area contributed by atoms with Crippen LogP contribution < -0.4 is 4.74 Å². The van der Waals surface area contributed by atoms with Gasteiger partial charge in [-0.2, -0.15) is 0 Å². The fourth-order valence-electron chi connectivity index (χ4n) is 3.49. The molecule has 0 radical (unpaired) electrons. The molecule has 30 heavy (non-hydrogen) atoms. The molecule has 0 aromatic heterocycles. The molecular weight excluding hydrogens is 376 g/mol. The zero-order valence-electron chi connectivity index (χ0n) is 18.5. The van der Waals surface area contributed by atoms with Gasteiger partial charge < -0.3 is 20.1 Å². The van der Waals surface area contributed by atoms with Crippen LogP contribution in [0.2, 0.25) is 0 Å². The first-order chi connectivity index (χ1) is 14.4. The van der Waals surface area contributed by atoms with Crippen molar-refractivity contribution in [2.45, 2.75) is 77.8 Å². The molecule has 0 saturated heterocycles. The summed E-state index contributed by atoms with van der Waals surface area (Å²) in [6.45, 7) is 6.68. The smallest absolute Gasteiger partial charge is 0.178 e. The van der Waals surface area contributed by atoms with Gasteiger partial charge in [-0.25, -0.2) is 0 Å². The van der Waals surface area contributed by atoms with Gasteiger partial charge in [0, 0.05) is 5.56 Å². The van der Waals surface area contributed by atoms with Crippen LogP contribution in [0.15, 0.2) is 54.6 Å². The monoisotopic (exact) mass is 412 g/mol. The van der Waals surface area contributed by atoms with E-state index in [4.69, 9.17) is 4.74 Å². The third-order valence-electron chi connectivity index (χ3n) is 5.72. The summed E-state index contributed by atoms with van der Waals surface area (Å²) in [5, 5.41) is 28.9. The third-order valence-corrected chi connectivity index (χ3v) is 5.72. The van der Waals surface area contributed by atoms with Gasteiger partial charge in [0.1, 0.15) is 12.4 Å². The average molecular weight is 413 g/mol. The molecule has 4 nitrogen and oxygen atoms in total. The summed E-state index contributed by atoms with van der Waals surface area (Å²) in [7, 11) is 0. The lowest BCUT2D eigenvalue weighted by atomic mass is 9.90. The molecule has 0 aliphatic rings. The molecule has 164 valence electrons. The van der Waals surface area contributed by atoms with Crippen LogP contribution in [0.5, 0.6) is 5.75 Å². The van der Waals surface area contributed by atoms with Gasteiger partial charge in [-0.15, -0.1) is 0 Å². The van der Waals surface area contributed by atoms with Crippen LogP contribution in [-0.2, 0) is 6.61 Å². The van der Waals surface area contributed by atoms with Crippen molar-refractivity contribution in [3.8, 4) is 5.75 Å². The van der Waals surface area contributed by atoms with Gasteiger partial charge in [0.05, 0.1) is 5.60 Å². The van der Waals surface area contributed by atoms with Crippen molar-refractivity contribution in [1.82, 2.24) is 0 Å². The lowest BCUT2D eigenvalue weighted by molar-refractivity contribution is -0.0425. The summed E-state index contributed by atoms with van der Waals surface area (Å²) < 4.78 is 5.96. The molecule has 2 rings (SSSR count). The maximum atomic E-state index is 10.5. The maximum Gasteiger partial charge on any atom is 0.178 e. The van der Waals surface area contributed by atoms with E-state index in [1.165, 1.54) is 5.57 Å². The van der Waals surface area contributed by atoms with Crippen LogP contribution in [0.25, 0.3) is 5.57 Å². The van der Waals surface area contributed by atoms with Crippen LogP contribution in [0, 0.1) is 0 Å². The van der Waals surface area contributed by atoms with Gasteiger partial charge in [0.25, 0.3) is 0 Å². The number of aliphatic hydroxyl groups excluding tert-OH is 1. The number of allylic oxidation sites excluding steroid dienone is 2. The minimum atomic E-state index is -1.45. The molecule has 4 heteroatoms. The van der Waals surface area contributed by atoms with E-state index < -0.39 is 11.9 Å². The van der Waals surface area contributed by atoms with Gasteiger partial charge in [-0.05, 0) is 60.9 Å². The number of hydrogen-bond donors (Lipinski definition) is 3. The Hall–Kier alpha value is -2.14. The number of hydrogen-bond acceptors (Lipinski definition) is 4. The van der Waals surface area contributed by atoms with E-state index in [2.05, 4.69) is 25.1 Å². The first kappa shape index (κ1) is 24.1. The quantitative estimate of drug-likeness (QED) is 0.387. The van der Waals surface area contributed by atoms with Crippen LogP contribution in [0.1, 0.15) is 82.3 Å². The standard InChI is InChI=1S/C26H36O4/c1-4-9-21(11-8-17-26(29,5-2)6-3)23-10-7-12-24(18-23)30-19-20-13-15-22(16-14-20)25(27)28/h7,10-16,18,25,27-29H,4-6,8-9,17,19H2,1-3H3. The normalized spacial score (nSPS) is 12.4. The maximum absolute atomic E-state index is 10.5. The van der Waals surface area contributed by atoms with Crippen molar-refractivity contribution >= 4 is 5.57 Å². The van der Waals surface area contributed by atoms with E-state index >= 15 is 0 Å². The predicted molar refractivity (Wildman–Crippen MR) is 122 cm³/mol. The molecule has 0 fully saturated rings. The third kappa shape index (κ3) is 7.28. The molecule has 3 N–H and O–H groups in total. The highest BCUT2D eigenvalue weighted by Gasteiger charge is 2.20. The van der Waals surface area contributed by atoms with Crippen molar-refractivity contribution < 1.29 is 20.1 Å². The van der Waals surface area contributed by atoms with Crippen LogP contribution in [0.3, 0.4) is 0 Å². The molecule has 0 atom stereocenters. The SMILES string of the molecule is CCCC(=CCCC(O)(CC)CC)c1cccc(OCc2ccc(C(O)O)cc2)c1. The Bertz CT molecular complexity index is 789. The van der Waals surface area contributed by atoms with Gasteiger partial charge >= 0.3 is 0 Å². The van der Waals surface area contributed by atoms with E-state index in [0.29, 0.717) is 12.2 Å². The van der Waals surface area contributed by atoms with E-state index in [1.807, 2.05) is 38.1 Å². The summed E-state index contributed by atoms with van der Waals surface area (Å²) in [5.74, 6) is 0.805. The van der Waals surface area contributed by atoms with Crippen LogP contribution in [0.4, 0.5) is 0 Å².